The lowest BCUT2D eigenvalue weighted by molar-refractivity contribution is -0.137. The minimum atomic E-state index is -4.35. The number of aryl methyl sites for hydroxylation is 1. The molecule has 0 amide bonds. The Labute approximate surface area is 119 Å². The summed E-state index contributed by atoms with van der Waals surface area (Å²) in [5.41, 5.74) is 3.56. The van der Waals surface area contributed by atoms with Crippen LogP contribution < -0.4 is 11.3 Å². The summed E-state index contributed by atoms with van der Waals surface area (Å²) in [5.74, 6) is 5.55. The van der Waals surface area contributed by atoms with Gasteiger partial charge in [-0.15, -0.1) is 11.3 Å². The number of alkyl halides is 3. The Morgan fingerprint density at radius 2 is 2.05 bits per heavy atom. The first-order valence-corrected chi connectivity index (χ1v) is 7.05. The van der Waals surface area contributed by atoms with Gasteiger partial charge in [0.25, 0.3) is 0 Å². The zero-order valence-electron chi connectivity index (χ0n) is 10.9. The molecule has 0 saturated heterocycles. The van der Waals surface area contributed by atoms with E-state index in [0.29, 0.717) is 5.56 Å². The van der Waals surface area contributed by atoms with Gasteiger partial charge in [0, 0.05) is 4.88 Å². The van der Waals surface area contributed by atoms with Gasteiger partial charge in [-0.1, -0.05) is 19.1 Å². The number of nitrogens with one attached hydrogen (secondary N) is 1. The van der Waals surface area contributed by atoms with E-state index >= 15 is 0 Å². The molecule has 108 valence electrons. The number of hydrogen-bond acceptors (Lipinski definition) is 3. The molecule has 2 aromatic rings. The van der Waals surface area contributed by atoms with Crippen molar-refractivity contribution in [3.8, 4) is 0 Å². The van der Waals surface area contributed by atoms with Crippen molar-refractivity contribution in [2.45, 2.75) is 25.6 Å². The lowest BCUT2D eigenvalue weighted by Crippen LogP contribution is -2.29. The fourth-order valence-corrected chi connectivity index (χ4v) is 3.19. The highest BCUT2D eigenvalue weighted by Crippen LogP contribution is 2.34. The van der Waals surface area contributed by atoms with Crippen LogP contribution in [-0.2, 0) is 12.6 Å². The zero-order valence-corrected chi connectivity index (χ0v) is 11.7. The summed E-state index contributed by atoms with van der Waals surface area (Å²) < 4.78 is 38.3. The molecule has 0 spiro atoms. The SMILES string of the molecule is CCc1ccsc1C(NN)c1cccc(C(F)(F)F)c1. The highest BCUT2D eigenvalue weighted by Gasteiger charge is 2.31. The lowest BCUT2D eigenvalue weighted by atomic mass is 10.00. The molecule has 2 nitrogen and oxygen atoms in total. The molecule has 6 heteroatoms. The van der Waals surface area contributed by atoms with E-state index in [1.54, 1.807) is 6.07 Å². The van der Waals surface area contributed by atoms with E-state index in [4.69, 9.17) is 5.84 Å². The van der Waals surface area contributed by atoms with Crippen molar-refractivity contribution in [1.29, 1.82) is 0 Å². The standard InChI is InChI=1S/C14H15F3N2S/c1-2-9-6-7-20-13(9)12(19-18)10-4-3-5-11(8-10)14(15,16)17/h3-8,12,19H,2,18H2,1H3. The smallest absolute Gasteiger partial charge is 0.271 e. The fourth-order valence-electron chi connectivity index (χ4n) is 2.11. The maximum atomic E-state index is 12.8. The van der Waals surface area contributed by atoms with Crippen LogP contribution in [0, 0.1) is 0 Å². The molecule has 0 radical (unpaired) electrons. The van der Waals surface area contributed by atoms with Crippen LogP contribution in [0.1, 0.15) is 34.5 Å². The first-order valence-electron chi connectivity index (χ1n) is 6.17. The third-order valence-corrected chi connectivity index (χ3v) is 4.16. The molecule has 0 aliphatic heterocycles. The molecule has 20 heavy (non-hydrogen) atoms. The fraction of sp³-hybridized carbons (Fsp3) is 0.286. The second kappa shape index (κ2) is 5.95. The van der Waals surface area contributed by atoms with Crippen molar-refractivity contribution >= 4 is 11.3 Å². The molecule has 0 saturated carbocycles. The second-order valence-electron chi connectivity index (χ2n) is 4.39. The van der Waals surface area contributed by atoms with Crippen molar-refractivity contribution in [2.24, 2.45) is 5.84 Å². The van der Waals surface area contributed by atoms with Crippen LogP contribution in [0.5, 0.6) is 0 Å². The van der Waals surface area contributed by atoms with Gasteiger partial charge in [0.2, 0.25) is 0 Å². The number of thiophene rings is 1. The van der Waals surface area contributed by atoms with Crippen molar-refractivity contribution in [3.05, 3.63) is 57.3 Å². The van der Waals surface area contributed by atoms with E-state index in [2.05, 4.69) is 5.43 Å². The summed E-state index contributed by atoms with van der Waals surface area (Å²) in [6.45, 7) is 2.01. The Bertz CT molecular complexity index is 578. The first-order chi connectivity index (χ1) is 9.47. The molecule has 0 aliphatic rings. The predicted octanol–water partition coefficient (Wildman–Crippen LogP) is 3.88. The molecule has 1 aromatic carbocycles. The van der Waals surface area contributed by atoms with Gasteiger partial charge in [-0.2, -0.15) is 13.2 Å². The van der Waals surface area contributed by atoms with Gasteiger partial charge >= 0.3 is 6.18 Å². The maximum Gasteiger partial charge on any atom is 0.416 e. The zero-order chi connectivity index (χ0) is 14.8. The molecule has 0 fully saturated rings. The minimum absolute atomic E-state index is 0.424. The Balaban J connectivity index is 2.43. The van der Waals surface area contributed by atoms with E-state index in [-0.39, 0.29) is 0 Å². The molecule has 0 bridgehead atoms. The van der Waals surface area contributed by atoms with Crippen molar-refractivity contribution in [2.75, 3.05) is 0 Å². The first kappa shape index (κ1) is 15.0. The van der Waals surface area contributed by atoms with E-state index < -0.39 is 17.8 Å². The van der Waals surface area contributed by atoms with Crippen LogP contribution in [0.3, 0.4) is 0 Å². The van der Waals surface area contributed by atoms with Crippen molar-refractivity contribution < 1.29 is 13.2 Å². The number of rotatable bonds is 4. The van der Waals surface area contributed by atoms with Gasteiger partial charge in [-0.05, 0) is 41.1 Å². The summed E-state index contributed by atoms with van der Waals surface area (Å²) in [4.78, 5) is 0.953. The van der Waals surface area contributed by atoms with Crippen LogP contribution >= 0.6 is 11.3 Å². The minimum Gasteiger partial charge on any atom is -0.271 e. The van der Waals surface area contributed by atoms with Gasteiger partial charge in [-0.25, -0.2) is 5.43 Å². The van der Waals surface area contributed by atoms with Crippen LogP contribution in [-0.4, -0.2) is 0 Å². The summed E-state index contributed by atoms with van der Waals surface area (Å²) in [6.07, 6.45) is -3.53. The normalized spacial score (nSPS) is 13.4. The Morgan fingerprint density at radius 1 is 1.30 bits per heavy atom. The quantitative estimate of drug-likeness (QED) is 0.664. The number of hydrazine groups is 1. The topological polar surface area (TPSA) is 38.0 Å². The average Bonchev–Trinajstić information content (AvgIpc) is 2.87. The number of nitrogens with two attached hydrogens (primary N) is 1. The summed E-state index contributed by atoms with van der Waals surface area (Å²) in [5, 5.41) is 1.92. The van der Waals surface area contributed by atoms with Crippen molar-refractivity contribution in [3.63, 3.8) is 0 Å². The van der Waals surface area contributed by atoms with Crippen LogP contribution in [0.2, 0.25) is 0 Å². The van der Waals surface area contributed by atoms with Gasteiger partial charge in [0.1, 0.15) is 0 Å². The molecule has 1 unspecified atom stereocenters. The largest absolute Gasteiger partial charge is 0.416 e. The summed E-state index contributed by atoms with van der Waals surface area (Å²) >= 11 is 1.49. The molecule has 3 N–H and O–H groups in total. The molecule has 0 aliphatic carbocycles. The van der Waals surface area contributed by atoms with Crippen LogP contribution in [0.25, 0.3) is 0 Å². The van der Waals surface area contributed by atoms with E-state index in [1.165, 1.54) is 17.4 Å². The van der Waals surface area contributed by atoms with Gasteiger partial charge in [-0.3, -0.25) is 5.84 Å². The Morgan fingerprint density at radius 3 is 2.65 bits per heavy atom. The second-order valence-corrected chi connectivity index (χ2v) is 5.33. The van der Waals surface area contributed by atoms with E-state index in [1.807, 2.05) is 18.4 Å². The Hall–Kier alpha value is -1.37. The van der Waals surface area contributed by atoms with Gasteiger partial charge in [0.05, 0.1) is 11.6 Å². The molecular weight excluding hydrogens is 285 g/mol. The molecule has 1 aromatic heterocycles. The van der Waals surface area contributed by atoms with E-state index in [0.717, 1.165) is 29.0 Å². The van der Waals surface area contributed by atoms with E-state index in [9.17, 15) is 13.2 Å². The Kier molecular flexibility index (Phi) is 4.47. The number of hydrogen-bond donors (Lipinski definition) is 2. The average molecular weight is 300 g/mol. The predicted molar refractivity (Wildman–Crippen MR) is 74.3 cm³/mol. The third kappa shape index (κ3) is 3.03. The van der Waals surface area contributed by atoms with Gasteiger partial charge in [0.15, 0.2) is 0 Å². The third-order valence-electron chi connectivity index (χ3n) is 3.14. The highest BCUT2D eigenvalue weighted by atomic mass is 32.1. The molecule has 1 heterocycles. The highest BCUT2D eigenvalue weighted by molar-refractivity contribution is 7.10. The van der Waals surface area contributed by atoms with Crippen LogP contribution in [0.15, 0.2) is 35.7 Å². The van der Waals surface area contributed by atoms with Crippen LogP contribution in [0.4, 0.5) is 13.2 Å². The summed E-state index contributed by atoms with van der Waals surface area (Å²) in [6, 6.07) is 6.81. The summed E-state index contributed by atoms with van der Waals surface area (Å²) in [7, 11) is 0. The molecule has 1 atom stereocenters. The number of halogens is 3. The number of benzene rings is 1. The monoisotopic (exact) mass is 300 g/mol. The molecular formula is C14H15F3N2S. The van der Waals surface area contributed by atoms with Gasteiger partial charge < -0.3 is 0 Å². The van der Waals surface area contributed by atoms with Crippen molar-refractivity contribution in [1.82, 2.24) is 5.43 Å². The molecule has 2 rings (SSSR count). The lowest BCUT2D eigenvalue weighted by Gasteiger charge is -2.18. The maximum absolute atomic E-state index is 12.8.